The molecular formula is C24H24ISb2-. The van der Waals surface area contributed by atoms with Gasteiger partial charge in [0.25, 0.3) is 0 Å². The predicted molar refractivity (Wildman–Crippen MR) is 112 cm³/mol. The van der Waals surface area contributed by atoms with E-state index in [2.05, 4.69) is 77.9 Å². The van der Waals surface area contributed by atoms with Gasteiger partial charge in [0.1, 0.15) is 0 Å². The molecule has 0 nitrogen and oxygen atoms in total. The van der Waals surface area contributed by atoms with Crippen LogP contribution in [0, 0.1) is 77.9 Å². The molecule has 0 aliphatic heterocycles. The van der Waals surface area contributed by atoms with Crippen molar-refractivity contribution in [3.05, 3.63) is 106 Å². The standard InChI is InChI=1S/3C8H8.HI.2Sb/c3*1-7-5-3-4-6-8(7)2;;;/h3*5-6H,1-2H3;1H;;/p-1. The second-order valence-electron chi connectivity index (χ2n) is 5.83. The molecule has 3 aromatic carbocycles. The first-order valence-electron chi connectivity index (χ1n) is 7.96. The van der Waals surface area contributed by atoms with E-state index in [0.717, 1.165) is 0 Å². The molecule has 138 valence electrons. The Kier molecular flexibility index (Phi) is 20.3. The molecule has 0 saturated heterocycles. The van der Waals surface area contributed by atoms with Crippen molar-refractivity contribution >= 4 is 48.9 Å². The predicted octanol–water partition coefficient (Wildman–Crippen LogP) is 1.95. The van der Waals surface area contributed by atoms with E-state index in [-0.39, 0.29) is 72.8 Å². The third kappa shape index (κ3) is 13.3. The Morgan fingerprint density at radius 3 is 0.556 bits per heavy atom. The van der Waals surface area contributed by atoms with E-state index >= 15 is 0 Å². The fourth-order valence-corrected chi connectivity index (χ4v) is 1.58. The van der Waals surface area contributed by atoms with Gasteiger partial charge in [0.05, 0.1) is 0 Å². The Balaban J connectivity index is -0.000000303. The molecule has 6 radical (unpaired) electrons. The molecule has 27 heavy (non-hydrogen) atoms. The zero-order valence-electron chi connectivity index (χ0n) is 16.7. The summed E-state index contributed by atoms with van der Waals surface area (Å²) in [6.07, 6.45) is 0. The number of rotatable bonds is 0. The van der Waals surface area contributed by atoms with Crippen LogP contribution in [0.25, 0.3) is 0 Å². The molecule has 3 aromatic rings. The van der Waals surface area contributed by atoms with Crippen molar-refractivity contribution in [2.45, 2.75) is 41.5 Å². The monoisotopic (exact) mass is 681 g/mol. The molecule has 0 amide bonds. The first-order valence-corrected chi connectivity index (χ1v) is 7.96. The van der Waals surface area contributed by atoms with E-state index in [1.165, 1.54) is 33.4 Å². The summed E-state index contributed by atoms with van der Waals surface area (Å²) in [5.41, 5.74) is 7.69. The molecule has 0 aliphatic rings. The van der Waals surface area contributed by atoms with E-state index < -0.39 is 0 Å². The third-order valence-corrected chi connectivity index (χ3v) is 3.85. The molecule has 0 spiro atoms. The minimum absolute atomic E-state index is 0. The normalized spacial score (nSPS) is 7.33. The summed E-state index contributed by atoms with van der Waals surface area (Å²) >= 11 is 0. The van der Waals surface area contributed by atoms with Crippen LogP contribution in [0.1, 0.15) is 33.4 Å². The zero-order chi connectivity index (χ0) is 17.9. The van der Waals surface area contributed by atoms with Crippen molar-refractivity contribution in [1.29, 1.82) is 0 Å². The number of aryl methyl sites for hydroxylation is 6. The smallest absolute Gasteiger partial charge is 0 e. The summed E-state index contributed by atoms with van der Waals surface area (Å²) in [6, 6.07) is 28.9. The van der Waals surface area contributed by atoms with E-state index in [4.69, 9.17) is 0 Å². The number of hydrogen-bond donors (Lipinski definition) is 0. The third-order valence-electron chi connectivity index (χ3n) is 3.85. The van der Waals surface area contributed by atoms with Gasteiger partial charge < -0.3 is 24.0 Å². The van der Waals surface area contributed by atoms with Crippen LogP contribution in [0.3, 0.4) is 0 Å². The van der Waals surface area contributed by atoms with Gasteiger partial charge in [-0.15, -0.1) is 0 Å². The Labute approximate surface area is 218 Å². The average Bonchev–Trinajstić information content (AvgIpc) is 2.57. The van der Waals surface area contributed by atoms with Crippen LogP contribution in [0.5, 0.6) is 0 Å². The first kappa shape index (κ1) is 31.2. The van der Waals surface area contributed by atoms with Crippen molar-refractivity contribution in [2.75, 3.05) is 0 Å². The van der Waals surface area contributed by atoms with Gasteiger partial charge in [-0.25, -0.2) is 0 Å². The van der Waals surface area contributed by atoms with E-state index in [0.29, 0.717) is 0 Å². The van der Waals surface area contributed by atoms with Gasteiger partial charge in [-0.2, -0.15) is 0 Å². The maximum Gasteiger partial charge on any atom is 0 e. The largest absolute Gasteiger partial charge is 1.00 e. The molecule has 0 aromatic heterocycles. The van der Waals surface area contributed by atoms with Crippen LogP contribution in [0.15, 0.2) is 36.4 Å². The summed E-state index contributed by atoms with van der Waals surface area (Å²) in [6.45, 7) is 12.4. The second-order valence-corrected chi connectivity index (χ2v) is 5.83. The molecule has 0 bridgehead atoms. The van der Waals surface area contributed by atoms with E-state index in [9.17, 15) is 0 Å². The van der Waals surface area contributed by atoms with Crippen LogP contribution in [0.2, 0.25) is 0 Å². The van der Waals surface area contributed by atoms with Crippen molar-refractivity contribution in [1.82, 2.24) is 0 Å². The summed E-state index contributed by atoms with van der Waals surface area (Å²) < 4.78 is 0. The maximum absolute atomic E-state index is 2.88. The zero-order valence-corrected chi connectivity index (χ0v) is 24.0. The van der Waals surface area contributed by atoms with Crippen LogP contribution >= 0.6 is 0 Å². The van der Waals surface area contributed by atoms with Gasteiger partial charge in [0, 0.05) is 48.9 Å². The molecule has 0 atom stereocenters. The summed E-state index contributed by atoms with van der Waals surface area (Å²) in [4.78, 5) is 0. The minimum atomic E-state index is 0. The minimum Gasteiger partial charge on any atom is -1.00 e. The second kappa shape index (κ2) is 17.6. The van der Waals surface area contributed by atoms with Crippen LogP contribution in [0.4, 0.5) is 0 Å². The first-order chi connectivity index (χ1) is 11.4. The molecule has 3 rings (SSSR count). The van der Waals surface area contributed by atoms with Crippen molar-refractivity contribution in [3.63, 3.8) is 0 Å². The molecule has 0 heterocycles. The van der Waals surface area contributed by atoms with Gasteiger partial charge in [-0.1, -0.05) is 36.4 Å². The maximum atomic E-state index is 2.88. The summed E-state index contributed by atoms with van der Waals surface area (Å²) in [5.74, 6) is 0. The fourth-order valence-electron chi connectivity index (χ4n) is 1.58. The average molecular weight is 683 g/mol. The Hall–Kier alpha value is -0.514. The SMILES string of the molecule is Cc1cc#ccc1C.Cc1cc#ccc1C.Cc1cc#ccc1C.[I-].[Sb].[Sb]. The molecule has 0 saturated carbocycles. The Morgan fingerprint density at radius 1 is 0.370 bits per heavy atom. The molecular weight excluding hydrogens is 659 g/mol. The van der Waals surface area contributed by atoms with Gasteiger partial charge >= 0.3 is 0 Å². The number of halogens is 1. The van der Waals surface area contributed by atoms with E-state index in [1.807, 2.05) is 36.4 Å². The summed E-state index contributed by atoms with van der Waals surface area (Å²) in [7, 11) is 0. The Bertz CT molecular complexity index is 588. The van der Waals surface area contributed by atoms with Crippen LogP contribution in [-0.2, 0) is 0 Å². The number of hydrogen-bond acceptors (Lipinski definition) is 0. The van der Waals surface area contributed by atoms with Gasteiger partial charge in [-0.3, -0.25) is 0 Å². The van der Waals surface area contributed by atoms with Gasteiger partial charge in [0.15, 0.2) is 0 Å². The molecule has 0 fully saturated rings. The van der Waals surface area contributed by atoms with E-state index in [1.54, 1.807) is 0 Å². The molecule has 0 aliphatic carbocycles. The Morgan fingerprint density at radius 2 is 0.481 bits per heavy atom. The topological polar surface area (TPSA) is 0 Å². The quantitative estimate of drug-likeness (QED) is 0.252. The van der Waals surface area contributed by atoms with Crippen LogP contribution in [-0.4, -0.2) is 48.9 Å². The van der Waals surface area contributed by atoms with Crippen molar-refractivity contribution in [3.8, 4) is 0 Å². The molecule has 0 unspecified atom stereocenters. The van der Waals surface area contributed by atoms with Crippen molar-refractivity contribution < 1.29 is 24.0 Å². The van der Waals surface area contributed by atoms with Crippen LogP contribution < -0.4 is 24.0 Å². The fraction of sp³-hybridized carbons (Fsp3) is 0.250. The summed E-state index contributed by atoms with van der Waals surface area (Å²) in [5, 5.41) is 0. The van der Waals surface area contributed by atoms with Crippen molar-refractivity contribution in [2.24, 2.45) is 0 Å². The molecule has 3 heteroatoms. The van der Waals surface area contributed by atoms with Gasteiger partial charge in [-0.05, 0) is 111 Å². The van der Waals surface area contributed by atoms with Gasteiger partial charge in [0.2, 0.25) is 0 Å². The molecule has 0 N–H and O–H groups in total.